The van der Waals surface area contributed by atoms with Crippen LogP contribution in [-0.4, -0.2) is 20.4 Å². The minimum absolute atomic E-state index is 0.0776. The van der Waals surface area contributed by atoms with Gasteiger partial charge in [-0.05, 0) is 275 Å². The van der Waals surface area contributed by atoms with E-state index in [2.05, 4.69) is 363 Å². The Labute approximate surface area is 752 Å². The van der Waals surface area contributed by atoms with E-state index in [0.717, 1.165) is 144 Å². The standard InChI is InChI=1S/C118H99BN6/c1-115(2,3)84-46-58-106-98(68-84)99-69-85(116(4,5)6)47-59-107(99)122(106)92-55-57-103-111(73-92)125(94-66-82(78-36-22-15-23-37-78)63-83(67-94)79-38-24-16-25-39-79)113-75-95(123-108-60-48-86(117(7,8)9)70-100(108)101-71-87(118(10,11)12)49-61-109(101)123)74-112-114(113)119(103)102-56-54-91(72-110(102)124(112)93-64-80(76-32-18-13-19-33-76)62-81(65-93)77-34-20-14-21-35-77)120(88-40-26-17-27-41-88)89-50-52-90(53-51-89)121-104-44-30-28-42-96(104)97-43-29-31-45-105(97)121/h13-75H,1-12H3/i17D,26D,27D,28D,29D,30D,31D,40D,41D,42D,43D,44D,45D. The lowest BCUT2D eigenvalue weighted by Crippen LogP contribution is -2.61. The molecule has 0 radical (unpaired) electrons. The maximum absolute atomic E-state index is 10.2. The maximum Gasteiger partial charge on any atom is 0.252 e. The highest BCUT2D eigenvalue weighted by Gasteiger charge is 2.45. The van der Waals surface area contributed by atoms with Crippen molar-refractivity contribution in [1.82, 2.24) is 13.7 Å². The number of para-hydroxylation sites is 3. The van der Waals surface area contributed by atoms with Crippen molar-refractivity contribution >= 4 is 140 Å². The van der Waals surface area contributed by atoms with Crippen LogP contribution in [0, 0.1) is 0 Å². The molecular weight excluding hydrogens is 1510 g/mol. The molecule has 0 atom stereocenters. The molecule has 0 fully saturated rings. The summed E-state index contributed by atoms with van der Waals surface area (Å²) in [5, 5.41) is 4.32. The number of aromatic nitrogens is 3. The van der Waals surface area contributed by atoms with Gasteiger partial charge in [0.15, 0.2) is 0 Å². The summed E-state index contributed by atoms with van der Waals surface area (Å²) in [5.41, 5.74) is 26.3. The highest BCUT2D eigenvalue weighted by atomic mass is 15.2. The summed E-state index contributed by atoms with van der Waals surface area (Å²) in [6.07, 6.45) is 0. The Morgan fingerprint density at radius 2 is 0.560 bits per heavy atom. The molecule has 0 saturated carbocycles. The normalized spacial score (nSPS) is 14.4. The van der Waals surface area contributed by atoms with Gasteiger partial charge in [-0.2, -0.15) is 0 Å². The highest BCUT2D eigenvalue weighted by molar-refractivity contribution is 7.00. The average Bonchev–Trinajstić information content (AvgIpc) is 1.07. The molecule has 0 spiro atoms. The third-order valence-corrected chi connectivity index (χ3v) is 25.7. The zero-order valence-electron chi connectivity index (χ0n) is 85.1. The van der Waals surface area contributed by atoms with E-state index in [9.17, 15) is 11.0 Å². The number of nitrogens with zero attached hydrogens (tertiary/aromatic N) is 6. The van der Waals surface area contributed by atoms with Crippen LogP contribution < -0.4 is 31.1 Å². The predicted octanol–water partition coefficient (Wildman–Crippen LogP) is 30.4. The molecule has 2 aliphatic heterocycles. The van der Waals surface area contributed by atoms with Gasteiger partial charge in [-0.3, -0.25) is 0 Å². The molecule has 0 bridgehead atoms. The first-order chi connectivity index (χ1) is 65.9. The largest absolute Gasteiger partial charge is 0.311 e. The van der Waals surface area contributed by atoms with Gasteiger partial charge in [0.25, 0.3) is 6.71 Å². The summed E-state index contributed by atoms with van der Waals surface area (Å²) in [6.45, 7) is 26.7. The lowest BCUT2D eigenvalue weighted by atomic mass is 9.33. The molecule has 0 unspecified atom stereocenters. The van der Waals surface area contributed by atoms with E-state index in [0.29, 0.717) is 17.1 Å². The summed E-state index contributed by atoms with van der Waals surface area (Å²) in [7, 11) is 0. The van der Waals surface area contributed by atoms with E-state index in [1.54, 1.807) is 29.2 Å². The van der Waals surface area contributed by atoms with Crippen molar-refractivity contribution in [2.45, 2.75) is 105 Å². The van der Waals surface area contributed by atoms with Crippen LogP contribution in [0.2, 0.25) is 0 Å². The number of fused-ring (bicyclic) bond motifs is 13. The molecule has 5 heterocycles. The van der Waals surface area contributed by atoms with E-state index in [4.69, 9.17) is 6.85 Å². The van der Waals surface area contributed by atoms with Gasteiger partial charge < -0.3 is 28.4 Å². The monoisotopic (exact) mass is 1620 g/mol. The van der Waals surface area contributed by atoms with Gasteiger partial charge in [0, 0.05) is 94.9 Å². The van der Waals surface area contributed by atoms with Crippen LogP contribution >= 0.6 is 0 Å². The fourth-order valence-corrected chi connectivity index (χ4v) is 19.2. The lowest BCUT2D eigenvalue weighted by Gasteiger charge is -2.45. The van der Waals surface area contributed by atoms with Crippen molar-refractivity contribution in [3.63, 3.8) is 0 Å². The first-order valence-electron chi connectivity index (χ1n) is 49.7. The smallest absolute Gasteiger partial charge is 0.252 e. The van der Waals surface area contributed by atoms with Crippen molar-refractivity contribution in [3.05, 3.63) is 404 Å². The van der Waals surface area contributed by atoms with Gasteiger partial charge in [0.1, 0.15) is 0 Å². The summed E-state index contributed by atoms with van der Waals surface area (Å²) < 4.78 is 128. The van der Waals surface area contributed by atoms with Gasteiger partial charge in [-0.1, -0.05) is 295 Å². The fraction of sp³-hybridized carbons (Fsp3) is 0.136. The number of hydrogen-bond acceptors (Lipinski definition) is 3. The quantitative estimate of drug-likeness (QED) is 0.114. The van der Waals surface area contributed by atoms with E-state index in [1.807, 2.05) is 18.2 Å². The second-order valence-corrected chi connectivity index (χ2v) is 37.7. The lowest BCUT2D eigenvalue weighted by molar-refractivity contribution is 0.590. The third-order valence-electron chi connectivity index (χ3n) is 25.7. The molecule has 125 heavy (non-hydrogen) atoms. The van der Waals surface area contributed by atoms with Crippen LogP contribution in [0.1, 0.15) is 123 Å². The van der Waals surface area contributed by atoms with E-state index in [-0.39, 0.29) is 54.8 Å². The van der Waals surface area contributed by atoms with Gasteiger partial charge in [0.05, 0.1) is 56.6 Å². The Hall–Kier alpha value is -14.4. The van der Waals surface area contributed by atoms with Crippen molar-refractivity contribution in [2.75, 3.05) is 14.7 Å². The minimum Gasteiger partial charge on any atom is -0.311 e. The van der Waals surface area contributed by atoms with Crippen LogP contribution in [0.25, 0.3) is 127 Å². The summed E-state index contributed by atoms with van der Waals surface area (Å²) in [5.74, 6) is 0. The van der Waals surface area contributed by atoms with Crippen molar-refractivity contribution in [1.29, 1.82) is 0 Å². The van der Waals surface area contributed by atoms with E-state index < -0.39 is 85.3 Å². The highest BCUT2D eigenvalue weighted by Crippen LogP contribution is 2.52. The molecule has 17 aromatic carbocycles. The molecule has 0 amide bonds. The molecule has 7 heteroatoms. The Morgan fingerprint density at radius 1 is 0.232 bits per heavy atom. The van der Waals surface area contributed by atoms with Crippen LogP contribution in [0.4, 0.5) is 51.2 Å². The van der Waals surface area contributed by atoms with Crippen LogP contribution in [-0.2, 0) is 21.7 Å². The molecule has 20 aromatic rings. The summed E-state index contributed by atoms with van der Waals surface area (Å²) in [4.78, 5) is 6.60. The molecule has 0 N–H and O–H groups in total. The van der Waals surface area contributed by atoms with Crippen molar-refractivity contribution in [2.24, 2.45) is 0 Å². The molecule has 6 nitrogen and oxygen atoms in total. The molecule has 0 saturated heterocycles. The van der Waals surface area contributed by atoms with Crippen molar-refractivity contribution < 1.29 is 17.8 Å². The molecule has 22 rings (SSSR count). The van der Waals surface area contributed by atoms with Gasteiger partial charge >= 0.3 is 0 Å². The van der Waals surface area contributed by atoms with Crippen LogP contribution in [0.3, 0.4) is 0 Å². The number of anilines is 9. The SMILES string of the molecule is [2H]c1c([2H])c([2H])c(N(c2ccc(-n3c4c([2H])c([2H])c([2H])c([2H])c4c4c([2H])c([2H])c([2H])c([2H])c43)cc2)c2ccc3c(c2)N(c2cc(-c4ccccc4)cc(-c4ccccc4)c2)c2cc(-n4c5ccc(C(C)(C)C)cc5c5cc(C(C)(C)C)ccc54)cc4c2B3c2ccc(-n3c5ccc(C(C)(C)C)cc5c5cc(C(C)(C)C)ccc53)cc2N4c2cc(-c3ccccc3)cc(-c3ccccc3)c2)c([2H])c1[2H]. The van der Waals surface area contributed by atoms with Crippen LogP contribution in [0.5, 0.6) is 0 Å². The van der Waals surface area contributed by atoms with Crippen molar-refractivity contribution in [3.8, 4) is 61.6 Å². The molecule has 604 valence electrons. The Morgan fingerprint density at radius 3 is 0.952 bits per heavy atom. The fourth-order valence-electron chi connectivity index (χ4n) is 19.2. The number of benzene rings is 17. The maximum atomic E-state index is 10.2. The Kier molecular flexibility index (Phi) is 14.8. The zero-order valence-corrected chi connectivity index (χ0v) is 72.1. The number of hydrogen-bond donors (Lipinski definition) is 0. The topological polar surface area (TPSA) is 24.5 Å². The second kappa shape index (κ2) is 29.1. The predicted molar refractivity (Wildman–Crippen MR) is 535 cm³/mol. The molecule has 3 aromatic heterocycles. The van der Waals surface area contributed by atoms with Crippen LogP contribution in [0.15, 0.2) is 382 Å². The zero-order chi connectivity index (χ0) is 96.4. The summed E-state index contributed by atoms with van der Waals surface area (Å²) in [6, 6.07) is 102. The Balaban J connectivity index is 0.897. The first-order valence-corrected chi connectivity index (χ1v) is 43.2. The third kappa shape index (κ3) is 13.1. The minimum atomic E-state index is -0.604. The molecule has 2 aliphatic rings. The molecular formula is C118H99BN6. The Bertz CT molecular complexity index is 8170. The first kappa shape index (κ1) is 63.5. The van der Waals surface area contributed by atoms with E-state index >= 15 is 0 Å². The van der Waals surface area contributed by atoms with Gasteiger partial charge in [-0.25, -0.2) is 0 Å². The van der Waals surface area contributed by atoms with Gasteiger partial charge in [-0.15, -0.1) is 0 Å². The number of rotatable bonds is 12. The average molecular weight is 1630 g/mol. The summed E-state index contributed by atoms with van der Waals surface area (Å²) >= 11 is 0. The second-order valence-electron chi connectivity index (χ2n) is 37.7. The molecule has 0 aliphatic carbocycles. The van der Waals surface area contributed by atoms with E-state index in [1.165, 1.54) is 26.8 Å². The van der Waals surface area contributed by atoms with Gasteiger partial charge in [0.2, 0.25) is 0 Å².